The average Bonchev–Trinajstić information content (AvgIpc) is 2.72. The van der Waals surface area contributed by atoms with Crippen LogP contribution in [0.5, 0.6) is 0 Å². The van der Waals surface area contributed by atoms with E-state index in [-0.39, 0.29) is 0 Å². The molecule has 2 atom stereocenters. The molecule has 0 saturated carbocycles. The van der Waals surface area contributed by atoms with Crippen LogP contribution in [-0.4, -0.2) is 80.6 Å². The first kappa shape index (κ1) is 38.0. The van der Waals surface area contributed by atoms with Crippen molar-refractivity contribution in [3.8, 4) is 0 Å². The Morgan fingerprint density at radius 2 is 1.05 bits per heavy atom. The molecule has 218 valence electrons. The Kier molecular flexibility index (Phi) is 21.4. The van der Waals surface area contributed by atoms with Crippen LogP contribution in [0.25, 0.3) is 0 Å². The van der Waals surface area contributed by atoms with Crippen molar-refractivity contribution < 1.29 is 38.9 Å². The predicted molar refractivity (Wildman–Crippen MR) is 157 cm³/mol. The number of carboxylic acid groups (broad SMARTS) is 2. The summed E-state index contributed by atoms with van der Waals surface area (Å²) in [6.07, 6.45) is 1.87. The molecule has 0 aromatic carbocycles. The van der Waals surface area contributed by atoms with Crippen molar-refractivity contribution in [3.05, 3.63) is 0 Å². The Hall–Kier alpha value is -1.12. The molecule has 10 nitrogen and oxygen atoms in total. The van der Waals surface area contributed by atoms with Gasteiger partial charge >= 0.3 is 24.1 Å². The van der Waals surface area contributed by atoms with E-state index >= 15 is 0 Å². The number of rotatable bonds is 15. The van der Waals surface area contributed by atoms with Crippen LogP contribution in [0.1, 0.15) is 74.7 Å². The lowest BCUT2D eigenvalue weighted by atomic mass is 10.2. The maximum atomic E-state index is 11.5. The number of carbonyl (C=O) groups excluding carboxylic acids is 2. The molecule has 0 aliphatic rings. The van der Waals surface area contributed by atoms with Gasteiger partial charge in [-0.1, -0.05) is 63.4 Å². The van der Waals surface area contributed by atoms with Crippen LogP contribution >= 0.6 is 43.2 Å². The van der Waals surface area contributed by atoms with Gasteiger partial charge in [-0.15, -0.1) is 0 Å². The molecule has 0 aliphatic carbocycles. The van der Waals surface area contributed by atoms with Crippen molar-refractivity contribution in [3.63, 3.8) is 0 Å². The highest BCUT2D eigenvalue weighted by molar-refractivity contribution is 8.77. The summed E-state index contributed by atoms with van der Waals surface area (Å²) in [6, 6.07) is -1.84. The number of ether oxygens (including phenoxy) is 2. The fraction of sp³-hybridized carbons (Fsp3) is 0.826. The van der Waals surface area contributed by atoms with Crippen LogP contribution in [0.15, 0.2) is 0 Å². The lowest BCUT2D eigenvalue weighted by molar-refractivity contribution is -0.139. The average molecular weight is 605 g/mol. The number of amides is 2. The summed E-state index contributed by atoms with van der Waals surface area (Å²) >= 11 is 0. The van der Waals surface area contributed by atoms with Gasteiger partial charge < -0.3 is 30.3 Å². The molecule has 0 rings (SSSR count). The van der Waals surface area contributed by atoms with Crippen LogP contribution in [-0.2, 0) is 19.1 Å². The van der Waals surface area contributed by atoms with E-state index in [0.29, 0.717) is 11.5 Å². The minimum absolute atomic E-state index is 0.319. The first-order chi connectivity index (χ1) is 17.0. The predicted octanol–water partition coefficient (Wildman–Crippen LogP) is 5.90. The van der Waals surface area contributed by atoms with Gasteiger partial charge in [-0.2, -0.15) is 0 Å². The normalized spacial score (nSPS) is 12.9. The third-order valence-electron chi connectivity index (χ3n) is 3.48. The van der Waals surface area contributed by atoms with Gasteiger partial charge in [-0.3, -0.25) is 0 Å². The molecule has 0 fully saturated rings. The summed E-state index contributed by atoms with van der Waals surface area (Å²) in [5.41, 5.74) is -1.26. The summed E-state index contributed by atoms with van der Waals surface area (Å²) in [4.78, 5) is 44.9. The van der Waals surface area contributed by atoms with Gasteiger partial charge in [0.15, 0.2) is 0 Å². The number of aliphatic carboxylic acids is 2. The molecule has 0 aliphatic heterocycles. The number of unbranched alkanes of at least 4 members (excludes halogenated alkanes) is 1. The number of hydrogen-bond donors (Lipinski definition) is 4. The van der Waals surface area contributed by atoms with Gasteiger partial charge in [0, 0.05) is 23.0 Å². The highest BCUT2D eigenvalue weighted by atomic mass is 33.1. The molecule has 14 heteroatoms. The summed E-state index contributed by atoms with van der Waals surface area (Å²) in [7, 11) is 6.12. The van der Waals surface area contributed by atoms with Crippen LogP contribution in [0.4, 0.5) is 9.59 Å². The molecular formula is C23H44N2O8S4. The smallest absolute Gasteiger partial charge is 0.408 e. The number of carbonyl (C=O) groups is 4. The summed E-state index contributed by atoms with van der Waals surface area (Å²) in [5, 5.41) is 22.7. The largest absolute Gasteiger partial charge is 0.480 e. The summed E-state index contributed by atoms with van der Waals surface area (Å²) in [5.74, 6) is 0.492. The fourth-order valence-electron chi connectivity index (χ4n) is 1.89. The van der Waals surface area contributed by atoms with Crippen LogP contribution in [0.2, 0.25) is 0 Å². The molecule has 0 saturated heterocycles. The molecule has 0 radical (unpaired) electrons. The summed E-state index contributed by atoms with van der Waals surface area (Å²) < 4.78 is 10.1. The number of carboxylic acids is 2. The van der Waals surface area contributed by atoms with E-state index in [1.165, 1.54) is 21.6 Å². The van der Waals surface area contributed by atoms with Gasteiger partial charge in [-0.05, 0) is 54.4 Å². The molecule has 0 aromatic rings. The molecule has 37 heavy (non-hydrogen) atoms. The molecule has 0 unspecified atom stereocenters. The number of nitrogens with one attached hydrogen (secondary N) is 2. The van der Waals surface area contributed by atoms with Gasteiger partial charge in [-0.25, -0.2) is 19.2 Å². The maximum absolute atomic E-state index is 11.5. The number of alkyl carbamates (subject to hydrolysis) is 2. The van der Waals surface area contributed by atoms with Crippen molar-refractivity contribution >= 4 is 67.3 Å². The fourth-order valence-corrected chi connectivity index (χ4v) is 6.57. The van der Waals surface area contributed by atoms with E-state index in [4.69, 9.17) is 19.7 Å². The molecular weight excluding hydrogens is 561 g/mol. The van der Waals surface area contributed by atoms with Gasteiger partial charge in [0.05, 0.1) is 0 Å². The molecule has 0 spiro atoms. The highest BCUT2D eigenvalue weighted by Gasteiger charge is 2.25. The van der Waals surface area contributed by atoms with E-state index < -0.39 is 47.4 Å². The Morgan fingerprint density at radius 3 is 1.35 bits per heavy atom. The van der Waals surface area contributed by atoms with Crippen molar-refractivity contribution in [2.75, 3.05) is 23.0 Å². The molecule has 0 heterocycles. The van der Waals surface area contributed by atoms with E-state index in [9.17, 15) is 19.2 Å². The molecule has 4 N–H and O–H groups in total. The minimum atomic E-state index is -1.05. The third kappa shape index (κ3) is 26.3. The van der Waals surface area contributed by atoms with Crippen molar-refractivity contribution in [2.24, 2.45) is 0 Å². The van der Waals surface area contributed by atoms with Gasteiger partial charge in [0.2, 0.25) is 0 Å². The van der Waals surface area contributed by atoms with Gasteiger partial charge in [0.25, 0.3) is 0 Å². The van der Waals surface area contributed by atoms with Crippen LogP contribution in [0, 0.1) is 0 Å². The first-order valence-corrected chi connectivity index (χ1v) is 16.9. The molecule has 0 bridgehead atoms. The lowest BCUT2D eigenvalue weighted by Gasteiger charge is -2.21. The zero-order valence-electron chi connectivity index (χ0n) is 23.1. The van der Waals surface area contributed by atoms with Crippen molar-refractivity contribution in [2.45, 2.75) is 97.9 Å². The maximum Gasteiger partial charge on any atom is 0.408 e. The Balaban J connectivity index is 0. The monoisotopic (exact) mass is 604 g/mol. The Bertz CT molecular complexity index is 685. The summed E-state index contributed by atoms with van der Waals surface area (Å²) in [6.45, 7) is 14.6. The van der Waals surface area contributed by atoms with E-state index in [1.807, 2.05) is 0 Å². The minimum Gasteiger partial charge on any atom is -0.480 e. The Labute approximate surface area is 237 Å². The second kappa shape index (κ2) is 20.8. The highest BCUT2D eigenvalue weighted by Crippen LogP contribution is 2.24. The zero-order chi connectivity index (χ0) is 29.1. The SMILES string of the molecule is CCCCSSC[C@H](NC(=O)OC(C)(C)C)C(=O)O.CCCSSC[C@H](NC(=O)OC(C)(C)C)C(=O)O. The number of hydrogen-bond acceptors (Lipinski definition) is 10. The van der Waals surface area contributed by atoms with Crippen molar-refractivity contribution in [1.82, 2.24) is 10.6 Å². The second-order valence-electron chi connectivity index (χ2n) is 9.64. The van der Waals surface area contributed by atoms with Crippen LogP contribution < -0.4 is 10.6 Å². The van der Waals surface area contributed by atoms with E-state index in [2.05, 4.69) is 24.5 Å². The molecule has 2 amide bonds. The van der Waals surface area contributed by atoms with Crippen LogP contribution in [0.3, 0.4) is 0 Å². The van der Waals surface area contributed by atoms with E-state index in [0.717, 1.165) is 30.8 Å². The third-order valence-corrected chi connectivity index (χ3v) is 8.60. The second-order valence-corrected chi connectivity index (χ2v) is 14.9. The topological polar surface area (TPSA) is 151 Å². The van der Waals surface area contributed by atoms with Crippen molar-refractivity contribution in [1.29, 1.82) is 0 Å². The van der Waals surface area contributed by atoms with E-state index in [1.54, 1.807) is 63.1 Å². The first-order valence-electron chi connectivity index (χ1n) is 12.0. The van der Waals surface area contributed by atoms with Gasteiger partial charge in [0.1, 0.15) is 23.3 Å². The zero-order valence-corrected chi connectivity index (χ0v) is 26.3. The molecule has 0 aromatic heterocycles. The Morgan fingerprint density at radius 1 is 0.676 bits per heavy atom. The lowest BCUT2D eigenvalue weighted by Crippen LogP contribution is -2.44. The standard InChI is InChI=1S/C12H23NO4S2.C11H21NO4S2/c1-5-6-7-18-19-8-9(10(14)15)13-11(16)17-12(2,3)4;1-5-6-17-18-7-8(9(13)14)12-10(15)16-11(2,3)4/h9H,5-8H2,1-4H3,(H,13,16)(H,14,15);8H,5-7H2,1-4H3,(H,12,15)(H,13,14)/t9-;8-/m00/s1. The quantitative estimate of drug-likeness (QED) is 0.130.